The van der Waals surface area contributed by atoms with Crippen molar-refractivity contribution < 1.29 is 9.59 Å². The van der Waals surface area contributed by atoms with Gasteiger partial charge in [-0.05, 0) is 26.2 Å². The Morgan fingerprint density at radius 3 is 2.70 bits per heavy atom. The number of piperazine rings is 1. The van der Waals surface area contributed by atoms with Crippen LogP contribution in [0, 0.1) is 12.8 Å². The number of aryl methyl sites for hydroxylation is 1. The molecule has 0 N–H and O–H groups in total. The smallest absolute Gasteiger partial charge is 0.258 e. The van der Waals surface area contributed by atoms with Crippen molar-refractivity contribution >= 4 is 11.8 Å². The van der Waals surface area contributed by atoms with E-state index in [1.54, 1.807) is 11.1 Å². The lowest BCUT2D eigenvalue weighted by Crippen LogP contribution is -2.58. The summed E-state index contributed by atoms with van der Waals surface area (Å²) in [4.78, 5) is 28.9. The molecule has 0 saturated carbocycles. The standard InChI is InChI=1S/C17H28N4O2/c1-6-7-21-13(4)15(10-18-21)17(23)20-9-8-19(11-12(2)3)16(22)14(20)5/h10,12,14H,6-9,11H2,1-5H3. The number of amides is 2. The van der Waals surface area contributed by atoms with E-state index in [9.17, 15) is 9.59 Å². The normalized spacial score (nSPS) is 18.9. The molecule has 0 aliphatic carbocycles. The molecule has 2 heterocycles. The van der Waals surface area contributed by atoms with Crippen LogP contribution in [0.4, 0.5) is 0 Å². The van der Waals surface area contributed by atoms with Gasteiger partial charge in [-0.1, -0.05) is 20.8 Å². The van der Waals surface area contributed by atoms with Crippen LogP contribution in [0.25, 0.3) is 0 Å². The molecular weight excluding hydrogens is 292 g/mol. The lowest BCUT2D eigenvalue weighted by Gasteiger charge is -2.39. The Morgan fingerprint density at radius 1 is 1.39 bits per heavy atom. The van der Waals surface area contributed by atoms with Crippen LogP contribution in [0.2, 0.25) is 0 Å². The van der Waals surface area contributed by atoms with Gasteiger partial charge in [0.15, 0.2) is 0 Å². The Labute approximate surface area is 138 Å². The van der Waals surface area contributed by atoms with Gasteiger partial charge in [0.25, 0.3) is 5.91 Å². The van der Waals surface area contributed by atoms with E-state index in [4.69, 9.17) is 0 Å². The zero-order chi connectivity index (χ0) is 17.1. The highest BCUT2D eigenvalue weighted by Gasteiger charge is 2.35. The van der Waals surface area contributed by atoms with Crippen LogP contribution in [0.5, 0.6) is 0 Å². The van der Waals surface area contributed by atoms with Gasteiger partial charge < -0.3 is 9.80 Å². The Hall–Kier alpha value is -1.85. The minimum atomic E-state index is -0.413. The Kier molecular flexibility index (Phi) is 5.44. The van der Waals surface area contributed by atoms with Crippen molar-refractivity contribution in [2.45, 2.75) is 53.6 Å². The molecule has 128 valence electrons. The zero-order valence-electron chi connectivity index (χ0n) is 14.9. The number of hydrogen-bond acceptors (Lipinski definition) is 3. The molecular formula is C17H28N4O2. The zero-order valence-corrected chi connectivity index (χ0v) is 14.9. The van der Waals surface area contributed by atoms with Crippen molar-refractivity contribution in [2.75, 3.05) is 19.6 Å². The van der Waals surface area contributed by atoms with Crippen molar-refractivity contribution in [3.8, 4) is 0 Å². The fourth-order valence-electron chi connectivity index (χ4n) is 3.08. The minimum absolute atomic E-state index is 0.0388. The van der Waals surface area contributed by atoms with Gasteiger partial charge in [0.2, 0.25) is 5.91 Å². The summed E-state index contributed by atoms with van der Waals surface area (Å²) in [6, 6.07) is -0.413. The van der Waals surface area contributed by atoms with Crippen molar-refractivity contribution in [1.82, 2.24) is 19.6 Å². The second-order valence-corrected chi connectivity index (χ2v) is 6.72. The maximum absolute atomic E-state index is 12.8. The van der Waals surface area contributed by atoms with E-state index in [0.29, 0.717) is 24.6 Å². The van der Waals surface area contributed by atoms with E-state index in [1.165, 1.54) is 0 Å². The van der Waals surface area contributed by atoms with E-state index < -0.39 is 6.04 Å². The second kappa shape index (κ2) is 7.15. The number of hydrogen-bond donors (Lipinski definition) is 0. The van der Waals surface area contributed by atoms with E-state index in [2.05, 4.69) is 25.9 Å². The fourth-order valence-corrected chi connectivity index (χ4v) is 3.08. The number of carbonyl (C=O) groups excluding carboxylic acids is 2. The van der Waals surface area contributed by atoms with Crippen LogP contribution < -0.4 is 0 Å². The second-order valence-electron chi connectivity index (χ2n) is 6.72. The van der Waals surface area contributed by atoms with Crippen LogP contribution in [0.15, 0.2) is 6.20 Å². The molecule has 2 rings (SSSR count). The van der Waals surface area contributed by atoms with Gasteiger partial charge >= 0.3 is 0 Å². The molecule has 0 bridgehead atoms. The van der Waals surface area contributed by atoms with Crippen LogP contribution in [0.3, 0.4) is 0 Å². The van der Waals surface area contributed by atoms with Gasteiger partial charge in [-0.2, -0.15) is 5.10 Å². The number of aromatic nitrogens is 2. The Bertz CT molecular complexity index is 579. The van der Waals surface area contributed by atoms with E-state index >= 15 is 0 Å². The molecule has 0 radical (unpaired) electrons. The number of rotatable bonds is 5. The average Bonchev–Trinajstić information content (AvgIpc) is 2.85. The lowest BCUT2D eigenvalue weighted by molar-refractivity contribution is -0.140. The maximum atomic E-state index is 12.8. The molecule has 1 aromatic heterocycles. The first-order valence-electron chi connectivity index (χ1n) is 8.49. The maximum Gasteiger partial charge on any atom is 0.258 e. The summed E-state index contributed by atoms with van der Waals surface area (Å²) in [7, 11) is 0. The number of carbonyl (C=O) groups is 2. The molecule has 6 heteroatoms. The number of nitrogens with zero attached hydrogens (tertiary/aromatic N) is 4. The molecule has 6 nitrogen and oxygen atoms in total. The van der Waals surface area contributed by atoms with E-state index in [1.807, 2.05) is 23.4 Å². The van der Waals surface area contributed by atoms with Crippen molar-refractivity contribution in [2.24, 2.45) is 5.92 Å². The average molecular weight is 320 g/mol. The topological polar surface area (TPSA) is 58.4 Å². The molecule has 1 atom stereocenters. The Balaban J connectivity index is 2.13. The van der Waals surface area contributed by atoms with Crippen molar-refractivity contribution in [1.29, 1.82) is 0 Å². The van der Waals surface area contributed by atoms with Crippen LogP contribution in [-0.2, 0) is 11.3 Å². The largest absolute Gasteiger partial charge is 0.339 e. The summed E-state index contributed by atoms with van der Waals surface area (Å²) in [5.41, 5.74) is 1.48. The Morgan fingerprint density at radius 2 is 2.09 bits per heavy atom. The summed E-state index contributed by atoms with van der Waals surface area (Å²) in [5.74, 6) is 0.384. The van der Waals surface area contributed by atoms with Gasteiger partial charge in [0.1, 0.15) is 6.04 Å². The summed E-state index contributed by atoms with van der Waals surface area (Å²) in [6.07, 6.45) is 2.60. The highest BCUT2D eigenvalue weighted by Crippen LogP contribution is 2.18. The summed E-state index contributed by atoms with van der Waals surface area (Å²) in [5, 5.41) is 4.29. The van der Waals surface area contributed by atoms with Crippen molar-refractivity contribution in [3.05, 3.63) is 17.5 Å². The van der Waals surface area contributed by atoms with Crippen LogP contribution in [0.1, 0.15) is 50.2 Å². The minimum Gasteiger partial charge on any atom is -0.339 e. The van der Waals surface area contributed by atoms with Crippen molar-refractivity contribution in [3.63, 3.8) is 0 Å². The predicted octanol–water partition coefficient (Wildman–Crippen LogP) is 1.93. The third kappa shape index (κ3) is 3.57. The lowest BCUT2D eigenvalue weighted by atomic mass is 10.1. The first-order chi connectivity index (χ1) is 10.9. The molecule has 0 aromatic carbocycles. The summed E-state index contributed by atoms with van der Waals surface area (Å²) >= 11 is 0. The quantitative estimate of drug-likeness (QED) is 0.833. The molecule has 1 aromatic rings. The van der Waals surface area contributed by atoms with Gasteiger partial charge in [-0.25, -0.2) is 0 Å². The third-order valence-electron chi connectivity index (χ3n) is 4.36. The van der Waals surface area contributed by atoms with Gasteiger partial charge in [0.05, 0.1) is 11.8 Å². The van der Waals surface area contributed by atoms with E-state index in [0.717, 1.165) is 25.2 Å². The molecule has 1 aliphatic rings. The first kappa shape index (κ1) is 17.5. The first-order valence-corrected chi connectivity index (χ1v) is 8.49. The molecule has 1 aliphatic heterocycles. The highest BCUT2D eigenvalue weighted by atomic mass is 16.2. The van der Waals surface area contributed by atoms with Gasteiger partial charge in [0, 0.05) is 31.9 Å². The monoisotopic (exact) mass is 320 g/mol. The molecule has 1 fully saturated rings. The molecule has 23 heavy (non-hydrogen) atoms. The summed E-state index contributed by atoms with van der Waals surface area (Å²) < 4.78 is 1.86. The van der Waals surface area contributed by atoms with Crippen LogP contribution >= 0.6 is 0 Å². The molecule has 0 spiro atoms. The fraction of sp³-hybridized carbons (Fsp3) is 0.706. The van der Waals surface area contributed by atoms with E-state index in [-0.39, 0.29) is 11.8 Å². The molecule has 2 amide bonds. The highest BCUT2D eigenvalue weighted by molar-refractivity contribution is 5.98. The SMILES string of the molecule is CCCn1ncc(C(=O)N2CCN(CC(C)C)C(=O)C2C)c1C. The van der Waals surface area contributed by atoms with Crippen LogP contribution in [-0.4, -0.2) is 57.1 Å². The predicted molar refractivity (Wildman–Crippen MR) is 89.2 cm³/mol. The van der Waals surface area contributed by atoms with Gasteiger partial charge in [-0.3, -0.25) is 14.3 Å². The molecule has 1 unspecified atom stereocenters. The third-order valence-corrected chi connectivity index (χ3v) is 4.36. The summed E-state index contributed by atoms with van der Waals surface area (Å²) in [6.45, 7) is 12.7. The van der Waals surface area contributed by atoms with Gasteiger partial charge in [-0.15, -0.1) is 0 Å². The molecule has 1 saturated heterocycles.